The van der Waals surface area contributed by atoms with Crippen LogP contribution in [0, 0.1) is 27.7 Å². The Morgan fingerprint density at radius 1 is 0.900 bits per heavy atom. The van der Waals surface area contributed by atoms with Gasteiger partial charge in [0.25, 0.3) is 0 Å². The third-order valence-electron chi connectivity index (χ3n) is 3.33. The van der Waals surface area contributed by atoms with Gasteiger partial charge in [-0.2, -0.15) is 0 Å². The second-order valence-electron chi connectivity index (χ2n) is 5.20. The van der Waals surface area contributed by atoms with E-state index in [0.717, 1.165) is 33.6 Å². The number of nitrogens with one attached hydrogen (secondary N) is 2. The maximum atomic E-state index is 12.0. The Labute approximate surface area is 120 Å². The highest BCUT2D eigenvalue weighted by Crippen LogP contribution is 2.19. The Hall–Kier alpha value is -2.29. The van der Waals surface area contributed by atoms with Crippen molar-refractivity contribution in [3.8, 4) is 0 Å². The van der Waals surface area contributed by atoms with Crippen molar-refractivity contribution >= 4 is 17.4 Å². The number of anilines is 2. The number of benzene rings is 2. The molecule has 0 radical (unpaired) electrons. The Morgan fingerprint density at radius 3 is 2.20 bits per heavy atom. The zero-order valence-corrected chi connectivity index (χ0v) is 12.4. The Bertz CT molecular complexity index is 627. The first kappa shape index (κ1) is 14.1. The van der Waals surface area contributed by atoms with Crippen LogP contribution in [0.2, 0.25) is 0 Å². The number of amides is 2. The lowest BCUT2D eigenvalue weighted by molar-refractivity contribution is 0.262. The first-order chi connectivity index (χ1) is 9.45. The molecule has 0 spiro atoms. The van der Waals surface area contributed by atoms with E-state index in [1.54, 1.807) is 0 Å². The number of carbonyl (C=O) groups is 1. The number of hydrogen-bond acceptors (Lipinski definition) is 1. The summed E-state index contributed by atoms with van der Waals surface area (Å²) in [5, 5.41) is 5.76. The minimum absolute atomic E-state index is 0.219. The zero-order chi connectivity index (χ0) is 14.7. The molecule has 0 fully saturated rings. The van der Waals surface area contributed by atoms with Crippen molar-refractivity contribution in [3.63, 3.8) is 0 Å². The van der Waals surface area contributed by atoms with Crippen LogP contribution in [0.25, 0.3) is 0 Å². The van der Waals surface area contributed by atoms with E-state index >= 15 is 0 Å². The van der Waals surface area contributed by atoms with Crippen molar-refractivity contribution in [1.82, 2.24) is 0 Å². The Kier molecular flexibility index (Phi) is 4.08. The van der Waals surface area contributed by atoms with Crippen LogP contribution in [0.5, 0.6) is 0 Å². The second kappa shape index (κ2) is 5.78. The van der Waals surface area contributed by atoms with Crippen LogP contribution in [0.1, 0.15) is 22.3 Å². The minimum Gasteiger partial charge on any atom is -0.308 e. The van der Waals surface area contributed by atoms with Crippen LogP contribution in [-0.2, 0) is 0 Å². The number of hydrogen-bond donors (Lipinski definition) is 2. The lowest BCUT2D eigenvalue weighted by Crippen LogP contribution is -2.20. The molecule has 3 heteroatoms. The topological polar surface area (TPSA) is 41.1 Å². The van der Waals surface area contributed by atoms with Crippen LogP contribution >= 0.6 is 0 Å². The molecule has 0 saturated heterocycles. The number of urea groups is 1. The lowest BCUT2D eigenvalue weighted by Gasteiger charge is -2.12. The molecule has 0 saturated carbocycles. The molecule has 104 valence electrons. The van der Waals surface area contributed by atoms with Gasteiger partial charge in [0, 0.05) is 11.4 Å². The smallest absolute Gasteiger partial charge is 0.308 e. The van der Waals surface area contributed by atoms with Crippen LogP contribution < -0.4 is 10.6 Å². The quantitative estimate of drug-likeness (QED) is 0.823. The van der Waals surface area contributed by atoms with E-state index in [-0.39, 0.29) is 6.03 Å². The standard InChI is InChI=1S/C17H20N2O/c1-11-8-12(2)10-15(9-11)18-17(20)19-16-7-5-6-13(3)14(16)4/h5-10H,1-4H3,(H2,18,19,20). The van der Waals surface area contributed by atoms with E-state index in [9.17, 15) is 4.79 Å². The van der Waals surface area contributed by atoms with Gasteiger partial charge in [0.15, 0.2) is 0 Å². The predicted octanol–water partition coefficient (Wildman–Crippen LogP) is 4.56. The summed E-state index contributed by atoms with van der Waals surface area (Å²) < 4.78 is 0. The average molecular weight is 268 g/mol. The van der Waals surface area contributed by atoms with Gasteiger partial charge in [-0.15, -0.1) is 0 Å². The van der Waals surface area contributed by atoms with E-state index in [4.69, 9.17) is 0 Å². The van der Waals surface area contributed by atoms with Crippen molar-refractivity contribution in [2.75, 3.05) is 10.6 Å². The molecule has 20 heavy (non-hydrogen) atoms. The fourth-order valence-corrected chi connectivity index (χ4v) is 2.22. The molecule has 3 nitrogen and oxygen atoms in total. The van der Waals surface area contributed by atoms with Gasteiger partial charge in [0.1, 0.15) is 0 Å². The van der Waals surface area contributed by atoms with Gasteiger partial charge in [-0.1, -0.05) is 18.2 Å². The maximum absolute atomic E-state index is 12.0. The maximum Gasteiger partial charge on any atom is 0.323 e. The summed E-state index contributed by atoms with van der Waals surface area (Å²) >= 11 is 0. The van der Waals surface area contributed by atoms with Gasteiger partial charge < -0.3 is 10.6 Å². The summed E-state index contributed by atoms with van der Waals surface area (Å²) in [5.74, 6) is 0. The monoisotopic (exact) mass is 268 g/mol. The molecule has 2 rings (SSSR count). The van der Waals surface area contributed by atoms with Crippen molar-refractivity contribution in [1.29, 1.82) is 0 Å². The summed E-state index contributed by atoms with van der Waals surface area (Å²) in [6.07, 6.45) is 0. The summed E-state index contributed by atoms with van der Waals surface area (Å²) in [5.41, 5.74) is 6.16. The highest BCUT2D eigenvalue weighted by atomic mass is 16.2. The summed E-state index contributed by atoms with van der Waals surface area (Å²) in [7, 11) is 0. The van der Waals surface area contributed by atoms with E-state index in [2.05, 4.69) is 16.7 Å². The molecule has 2 amide bonds. The molecule has 2 aromatic rings. The first-order valence-electron chi connectivity index (χ1n) is 6.68. The lowest BCUT2D eigenvalue weighted by atomic mass is 10.1. The van der Waals surface area contributed by atoms with E-state index in [0.29, 0.717) is 0 Å². The Balaban J connectivity index is 2.11. The Morgan fingerprint density at radius 2 is 1.55 bits per heavy atom. The molecule has 0 aromatic heterocycles. The minimum atomic E-state index is -0.219. The molecule has 0 bridgehead atoms. The van der Waals surface area contributed by atoms with Gasteiger partial charge in [-0.25, -0.2) is 4.79 Å². The third-order valence-corrected chi connectivity index (χ3v) is 3.33. The normalized spacial score (nSPS) is 10.2. The van der Waals surface area contributed by atoms with E-state index in [1.165, 1.54) is 0 Å². The second-order valence-corrected chi connectivity index (χ2v) is 5.20. The van der Waals surface area contributed by atoms with Crippen molar-refractivity contribution < 1.29 is 4.79 Å². The highest BCUT2D eigenvalue weighted by Gasteiger charge is 2.06. The number of rotatable bonds is 2. The molecular weight excluding hydrogens is 248 g/mol. The first-order valence-corrected chi connectivity index (χ1v) is 6.68. The van der Waals surface area contributed by atoms with Gasteiger partial charge >= 0.3 is 6.03 Å². The summed E-state index contributed by atoms with van der Waals surface area (Å²) in [6.45, 7) is 8.06. The van der Waals surface area contributed by atoms with Crippen molar-refractivity contribution in [2.24, 2.45) is 0 Å². The van der Waals surface area contributed by atoms with Crippen LogP contribution in [0.4, 0.5) is 16.2 Å². The van der Waals surface area contributed by atoms with Gasteiger partial charge in [-0.3, -0.25) is 0 Å². The fraction of sp³-hybridized carbons (Fsp3) is 0.235. The summed E-state index contributed by atoms with van der Waals surface area (Å²) in [6, 6.07) is 11.6. The van der Waals surface area contributed by atoms with Crippen molar-refractivity contribution in [3.05, 3.63) is 58.7 Å². The number of carbonyl (C=O) groups excluding carboxylic acids is 1. The van der Waals surface area contributed by atoms with Crippen LogP contribution in [-0.4, -0.2) is 6.03 Å². The molecule has 0 atom stereocenters. The molecule has 0 heterocycles. The highest BCUT2D eigenvalue weighted by molar-refractivity contribution is 6.00. The molecule has 0 aliphatic heterocycles. The zero-order valence-electron chi connectivity index (χ0n) is 12.4. The number of aryl methyl sites for hydroxylation is 3. The molecule has 0 aliphatic carbocycles. The SMILES string of the molecule is Cc1cc(C)cc(NC(=O)Nc2cccc(C)c2C)c1. The van der Waals surface area contributed by atoms with Gasteiger partial charge in [0.05, 0.1) is 0 Å². The third kappa shape index (κ3) is 3.38. The van der Waals surface area contributed by atoms with Crippen LogP contribution in [0.3, 0.4) is 0 Å². The molecule has 2 N–H and O–H groups in total. The molecular formula is C17H20N2O. The van der Waals surface area contributed by atoms with E-state index < -0.39 is 0 Å². The molecule has 2 aromatic carbocycles. The predicted molar refractivity (Wildman–Crippen MR) is 84.5 cm³/mol. The fourth-order valence-electron chi connectivity index (χ4n) is 2.22. The van der Waals surface area contributed by atoms with Crippen LogP contribution in [0.15, 0.2) is 36.4 Å². The largest absolute Gasteiger partial charge is 0.323 e. The van der Waals surface area contributed by atoms with Gasteiger partial charge in [-0.05, 0) is 68.1 Å². The molecule has 0 aliphatic rings. The van der Waals surface area contributed by atoms with Crippen molar-refractivity contribution in [2.45, 2.75) is 27.7 Å². The average Bonchev–Trinajstić information content (AvgIpc) is 2.33. The molecule has 0 unspecified atom stereocenters. The van der Waals surface area contributed by atoms with E-state index in [1.807, 2.05) is 58.0 Å². The summed E-state index contributed by atoms with van der Waals surface area (Å²) in [4.78, 5) is 12.0. The van der Waals surface area contributed by atoms with Gasteiger partial charge in [0.2, 0.25) is 0 Å².